The van der Waals surface area contributed by atoms with Gasteiger partial charge in [0.1, 0.15) is 5.82 Å². The summed E-state index contributed by atoms with van der Waals surface area (Å²) in [5, 5.41) is 10.5. The highest BCUT2D eigenvalue weighted by molar-refractivity contribution is 9.10. The summed E-state index contributed by atoms with van der Waals surface area (Å²) in [6.45, 7) is 0. The van der Waals surface area contributed by atoms with Gasteiger partial charge in [0, 0.05) is 27.9 Å². The molecule has 0 radical (unpaired) electrons. The molecule has 20 heavy (non-hydrogen) atoms. The summed E-state index contributed by atoms with van der Waals surface area (Å²) in [5.41, 5.74) is 1.42. The summed E-state index contributed by atoms with van der Waals surface area (Å²) < 4.78 is 0.905. The zero-order valence-electron chi connectivity index (χ0n) is 10.4. The fourth-order valence-electron chi connectivity index (χ4n) is 1.99. The van der Waals surface area contributed by atoms with E-state index in [0.717, 1.165) is 20.8 Å². The van der Waals surface area contributed by atoms with Crippen LogP contribution in [0.2, 0.25) is 0 Å². The molecule has 0 amide bonds. The van der Waals surface area contributed by atoms with Crippen molar-refractivity contribution in [3.8, 4) is 0 Å². The lowest BCUT2D eigenvalue weighted by molar-refractivity contribution is -0.137. The van der Waals surface area contributed by atoms with Gasteiger partial charge in [0.15, 0.2) is 5.65 Å². The number of carboxylic acid groups (broad SMARTS) is 1. The second-order valence-electron chi connectivity index (χ2n) is 4.39. The first-order valence-corrected chi connectivity index (χ1v) is 6.85. The number of hydrogen-bond donors (Lipinski definition) is 1. The minimum Gasteiger partial charge on any atom is -0.481 e. The number of pyridine rings is 1. The number of nitrogens with zero attached hydrogens (tertiary/aromatic N) is 3. The van der Waals surface area contributed by atoms with E-state index in [4.69, 9.17) is 5.11 Å². The van der Waals surface area contributed by atoms with E-state index in [1.807, 2.05) is 24.3 Å². The van der Waals surface area contributed by atoms with Gasteiger partial charge < -0.3 is 5.11 Å². The van der Waals surface area contributed by atoms with Crippen molar-refractivity contribution in [2.75, 3.05) is 0 Å². The second kappa shape index (κ2) is 5.13. The molecule has 2 heterocycles. The van der Waals surface area contributed by atoms with Crippen LogP contribution in [-0.2, 0) is 11.2 Å². The predicted octanol–water partition coefficient (Wildman–Crippen LogP) is 2.96. The smallest absolute Gasteiger partial charge is 0.303 e. The van der Waals surface area contributed by atoms with Gasteiger partial charge in [-0.3, -0.25) is 4.79 Å². The van der Waals surface area contributed by atoms with Crippen molar-refractivity contribution in [1.29, 1.82) is 0 Å². The SMILES string of the molecule is O=C(O)CCc1ncc2cc3cccc(Br)c3nc2n1. The zero-order chi connectivity index (χ0) is 14.1. The molecule has 0 saturated heterocycles. The van der Waals surface area contributed by atoms with Crippen LogP contribution in [0.3, 0.4) is 0 Å². The maximum atomic E-state index is 10.6. The van der Waals surface area contributed by atoms with Crippen LogP contribution in [0.15, 0.2) is 34.9 Å². The number of halogens is 1. The number of carbonyl (C=O) groups is 1. The van der Waals surface area contributed by atoms with Crippen molar-refractivity contribution in [3.05, 3.63) is 40.8 Å². The molecule has 0 spiro atoms. The van der Waals surface area contributed by atoms with Crippen LogP contribution in [0.1, 0.15) is 12.2 Å². The lowest BCUT2D eigenvalue weighted by Gasteiger charge is -2.04. The first kappa shape index (κ1) is 12.9. The maximum absolute atomic E-state index is 10.6. The zero-order valence-corrected chi connectivity index (χ0v) is 12.0. The fraction of sp³-hybridized carbons (Fsp3) is 0.143. The van der Waals surface area contributed by atoms with Crippen LogP contribution < -0.4 is 0 Å². The molecule has 0 aliphatic carbocycles. The van der Waals surface area contributed by atoms with Crippen molar-refractivity contribution in [1.82, 2.24) is 15.0 Å². The number of hydrogen-bond acceptors (Lipinski definition) is 4. The second-order valence-corrected chi connectivity index (χ2v) is 5.25. The molecule has 1 aromatic carbocycles. The summed E-state index contributed by atoms with van der Waals surface area (Å²) in [6, 6.07) is 7.82. The predicted molar refractivity (Wildman–Crippen MR) is 78.5 cm³/mol. The minimum absolute atomic E-state index is 0.0166. The first-order chi connectivity index (χ1) is 9.63. The first-order valence-electron chi connectivity index (χ1n) is 6.06. The molecule has 3 aromatic rings. The molecule has 1 N–H and O–H groups in total. The normalized spacial score (nSPS) is 11.1. The topological polar surface area (TPSA) is 76.0 Å². The number of fused-ring (bicyclic) bond motifs is 2. The molecular weight excluding hydrogens is 322 g/mol. The summed E-state index contributed by atoms with van der Waals surface area (Å²) >= 11 is 3.47. The van der Waals surface area contributed by atoms with Gasteiger partial charge in [0.2, 0.25) is 0 Å². The van der Waals surface area contributed by atoms with E-state index in [2.05, 4.69) is 30.9 Å². The monoisotopic (exact) mass is 331 g/mol. The Balaban J connectivity index is 2.11. The molecule has 0 bridgehead atoms. The Morgan fingerprint density at radius 2 is 2.10 bits per heavy atom. The van der Waals surface area contributed by atoms with Gasteiger partial charge in [-0.1, -0.05) is 12.1 Å². The van der Waals surface area contributed by atoms with Crippen molar-refractivity contribution < 1.29 is 9.90 Å². The van der Waals surface area contributed by atoms with E-state index in [0.29, 0.717) is 17.9 Å². The highest BCUT2D eigenvalue weighted by Gasteiger charge is 2.07. The minimum atomic E-state index is -0.858. The summed E-state index contributed by atoms with van der Waals surface area (Å²) in [7, 11) is 0. The molecular formula is C14H10BrN3O2. The number of aromatic nitrogens is 3. The third-order valence-corrected chi connectivity index (χ3v) is 3.59. The lowest BCUT2D eigenvalue weighted by Crippen LogP contribution is -2.02. The molecule has 0 aliphatic heterocycles. The quantitative estimate of drug-likeness (QED) is 0.746. The van der Waals surface area contributed by atoms with Crippen LogP contribution in [0.5, 0.6) is 0 Å². The molecule has 0 fully saturated rings. The van der Waals surface area contributed by atoms with Crippen LogP contribution in [-0.4, -0.2) is 26.0 Å². The number of benzene rings is 1. The molecule has 6 heteroatoms. The molecule has 100 valence electrons. The van der Waals surface area contributed by atoms with Crippen LogP contribution in [0.25, 0.3) is 21.9 Å². The van der Waals surface area contributed by atoms with Crippen molar-refractivity contribution >= 4 is 43.8 Å². The summed E-state index contributed by atoms with van der Waals surface area (Å²) in [5.74, 6) is -0.360. The molecule has 0 atom stereocenters. The van der Waals surface area contributed by atoms with Crippen LogP contribution >= 0.6 is 15.9 Å². The van der Waals surface area contributed by atoms with Crippen LogP contribution in [0.4, 0.5) is 0 Å². The fourth-order valence-corrected chi connectivity index (χ4v) is 2.46. The highest BCUT2D eigenvalue weighted by Crippen LogP contribution is 2.24. The lowest BCUT2D eigenvalue weighted by atomic mass is 10.2. The van der Waals surface area contributed by atoms with Gasteiger partial charge >= 0.3 is 5.97 Å². The number of rotatable bonds is 3. The summed E-state index contributed by atoms with van der Waals surface area (Å²) in [4.78, 5) is 23.6. The Labute approximate surface area is 122 Å². The third-order valence-electron chi connectivity index (χ3n) is 2.95. The van der Waals surface area contributed by atoms with Gasteiger partial charge in [-0.15, -0.1) is 0 Å². The van der Waals surface area contributed by atoms with Gasteiger partial charge in [-0.25, -0.2) is 15.0 Å². The summed E-state index contributed by atoms with van der Waals surface area (Å²) in [6.07, 6.45) is 2.01. The van der Waals surface area contributed by atoms with Crippen molar-refractivity contribution in [2.24, 2.45) is 0 Å². The average molecular weight is 332 g/mol. The third kappa shape index (κ3) is 2.46. The number of para-hydroxylation sites is 1. The van der Waals surface area contributed by atoms with Crippen molar-refractivity contribution in [2.45, 2.75) is 12.8 Å². The standard InChI is InChI=1S/C14H10BrN3O2/c15-10-3-1-2-8-6-9-7-16-11(4-5-12(19)20)17-14(9)18-13(8)10/h1-3,6-7H,4-5H2,(H,19,20). The molecule has 5 nitrogen and oxygen atoms in total. The highest BCUT2D eigenvalue weighted by atomic mass is 79.9. The van der Waals surface area contributed by atoms with Gasteiger partial charge in [-0.05, 0) is 28.1 Å². The Hall–Kier alpha value is -2.08. The Kier molecular flexibility index (Phi) is 3.31. The Morgan fingerprint density at radius 1 is 1.25 bits per heavy atom. The van der Waals surface area contributed by atoms with Crippen molar-refractivity contribution in [3.63, 3.8) is 0 Å². The van der Waals surface area contributed by atoms with E-state index < -0.39 is 5.97 Å². The Morgan fingerprint density at radius 3 is 2.90 bits per heavy atom. The van der Waals surface area contributed by atoms with Gasteiger partial charge in [-0.2, -0.15) is 0 Å². The number of carboxylic acids is 1. The molecule has 0 aliphatic rings. The molecule has 2 aromatic heterocycles. The molecule has 0 unspecified atom stereocenters. The van der Waals surface area contributed by atoms with E-state index in [1.54, 1.807) is 6.20 Å². The Bertz CT molecular complexity index is 820. The van der Waals surface area contributed by atoms with E-state index >= 15 is 0 Å². The van der Waals surface area contributed by atoms with Crippen LogP contribution in [0, 0.1) is 0 Å². The van der Waals surface area contributed by atoms with Gasteiger partial charge in [0.25, 0.3) is 0 Å². The largest absolute Gasteiger partial charge is 0.481 e. The average Bonchev–Trinajstić information content (AvgIpc) is 2.43. The van der Waals surface area contributed by atoms with E-state index in [-0.39, 0.29) is 6.42 Å². The van der Waals surface area contributed by atoms with E-state index in [9.17, 15) is 4.79 Å². The molecule has 0 saturated carbocycles. The number of aliphatic carboxylic acids is 1. The van der Waals surface area contributed by atoms with Gasteiger partial charge in [0.05, 0.1) is 11.9 Å². The van der Waals surface area contributed by atoms with E-state index in [1.165, 1.54) is 0 Å². The maximum Gasteiger partial charge on any atom is 0.303 e. The molecule has 3 rings (SSSR count). The number of aryl methyl sites for hydroxylation is 1.